The molecule has 2 aliphatic carbocycles. The molecule has 2 amide bonds. The molecular formula is C26H28N2O7S2. The summed E-state index contributed by atoms with van der Waals surface area (Å²) < 4.78 is 5.37. The van der Waals surface area contributed by atoms with Crippen molar-refractivity contribution in [3.05, 3.63) is 38.3 Å². The van der Waals surface area contributed by atoms with Crippen LogP contribution in [-0.2, 0) is 14.4 Å². The highest BCUT2D eigenvalue weighted by molar-refractivity contribution is 8.00. The van der Waals surface area contributed by atoms with Gasteiger partial charge in [-0.15, -0.1) is 11.8 Å². The summed E-state index contributed by atoms with van der Waals surface area (Å²) in [6.45, 7) is 0.339. The predicted molar refractivity (Wildman–Crippen MR) is 136 cm³/mol. The van der Waals surface area contributed by atoms with E-state index in [-0.39, 0.29) is 69.6 Å². The number of carboxylic acid groups (broad SMARTS) is 1. The molecule has 6 unspecified atom stereocenters. The molecule has 37 heavy (non-hydrogen) atoms. The minimum absolute atomic E-state index is 0.0242. The minimum Gasteiger partial charge on any atom is -0.504 e. The fraction of sp³-hybridized carbons (Fsp3) is 0.538. The van der Waals surface area contributed by atoms with Crippen LogP contribution >= 0.6 is 23.1 Å². The summed E-state index contributed by atoms with van der Waals surface area (Å²) in [5, 5.41) is 19.9. The predicted octanol–water partition coefficient (Wildman–Crippen LogP) is 3.27. The number of phenols is 1. The van der Waals surface area contributed by atoms with Gasteiger partial charge in [0.15, 0.2) is 11.5 Å². The Balaban J connectivity index is 1.31. The van der Waals surface area contributed by atoms with Crippen LogP contribution in [0.4, 0.5) is 0 Å². The average molecular weight is 545 g/mol. The number of carbonyl (C=O) groups excluding carboxylic acids is 2. The second kappa shape index (κ2) is 9.20. The molecule has 2 saturated carbocycles. The van der Waals surface area contributed by atoms with Crippen molar-refractivity contribution in [1.82, 2.24) is 9.88 Å². The number of unbranched alkanes of at least 4 members (excludes halogenated alkanes) is 2. The number of carboxylic acids is 1. The summed E-state index contributed by atoms with van der Waals surface area (Å²) in [5.74, 6) is -1.28. The van der Waals surface area contributed by atoms with E-state index in [2.05, 4.69) is 4.98 Å². The molecular weight excluding hydrogens is 516 g/mol. The van der Waals surface area contributed by atoms with Crippen molar-refractivity contribution in [3.8, 4) is 11.5 Å². The largest absolute Gasteiger partial charge is 0.504 e. The third kappa shape index (κ3) is 3.80. The van der Waals surface area contributed by atoms with Gasteiger partial charge in [-0.3, -0.25) is 24.1 Å². The van der Waals surface area contributed by atoms with E-state index >= 15 is 0 Å². The number of hydrogen-bond acceptors (Lipinski definition) is 8. The Kier molecular flexibility index (Phi) is 6.10. The lowest BCUT2D eigenvalue weighted by atomic mass is 9.68. The Morgan fingerprint density at radius 1 is 1.14 bits per heavy atom. The first-order chi connectivity index (χ1) is 17.8. The van der Waals surface area contributed by atoms with Crippen LogP contribution in [0.5, 0.6) is 11.5 Å². The number of fused-ring (bicyclic) bond motifs is 9. The van der Waals surface area contributed by atoms with Gasteiger partial charge in [-0.2, -0.15) is 0 Å². The molecule has 2 bridgehead atoms. The Labute approximate surface area is 221 Å². The van der Waals surface area contributed by atoms with Gasteiger partial charge in [0.05, 0.1) is 24.0 Å². The van der Waals surface area contributed by atoms with Crippen LogP contribution in [-0.4, -0.2) is 56.8 Å². The molecule has 1 aromatic heterocycles. The second-order valence-electron chi connectivity index (χ2n) is 10.4. The topological polar surface area (TPSA) is 137 Å². The molecule has 6 rings (SSSR count). The lowest BCUT2D eigenvalue weighted by molar-refractivity contribution is -0.141. The smallest absolute Gasteiger partial charge is 0.305 e. The number of likely N-dealkylation sites (tertiary alicyclic amines) is 1. The number of nitrogens with one attached hydrogen (secondary N) is 1. The molecule has 3 fully saturated rings. The third-order valence-electron chi connectivity index (χ3n) is 8.65. The summed E-state index contributed by atoms with van der Waals surface area (Å²) >= 11 is 2.83. The second-order valence-corrected chi connectivity index (χ2v) is 12.6. The van der Waals surface area contributed by atoms with Gasteiger partial charge in [0.2, 0.25) is 11.8 Å². The number of carbonyl (C=O) groups is 3. The molecule has 0 spiro atoms. The van der Waals surface area contributed by atoms with Crippen molar-refractivity contribution in [1.29, 1.82) is 0 Å². The molecule has 11 heteroatoms. The number of nitrogens with zero attached hydrogens (tertiary/aromatic N) is 1. The van der Waals surface area contributed by atoms with Crippen molar-refractivity contribution in [3.63, 3.8) is 0 Å². The highest BCUT2D eigenvalue weighted by Gasteiger charge is 2.69. The molecule has 1 saturated heterocycles. The number of hydrogen-bond donors (Lipinski definition) is 3. The maximum atomic E-state index is 13.6. The quantitative estimate of drug-likeness (QED) is 0.340. The van der Waals surface area contributed by atoms with Crippen LogP contribution in [0.1, 0.15) is 48.5 Å². The number of aromatic nitrogens is 1. The van der Waals surface area contributed by atoms with Crippen LogP contribution in [0.3, 0.4) is 0 Å². The van der Waals surface area contributed by atoms with E-state index in [1.807, 2.05) is 12.1 Å². The molecule has 0 radical (unpaired) electrons. The maximum absolute atomic E-state index is 13.6. The number of thioether (sulfide) groups is 1. The van der Waals surface area contributed by atoms with Crippen LogP contribution in [0.2, 0.25) is 0 Å². The Hall–Kier alpha value is -2.79. The number of H-pyrrole nitrogens is 1. The van der Waals surface area contributed by atoms with E-state index in [4.69, 9.17) is 9.84 Å². The van der Waals surface area contributed by atoms with Gasteiger partial charge in [-0.05, 0) is 54.7 Å². The van der Waals surface area contributed by atoms with Gasteiger partial charge in [0.1, 0.15) is 0 Å². The van der Waals surface area contributed by atoms with Gasteiger partial charge in [0, 0.05) is 29.0 Å². The average Bonchev–Trinajstić information content (AvgIpc) is 3.59. The van der Waals surface area contributed by atoms with E-state index < -0.39 is 5.97 Å². The standard InChI is InChI=1S/C26H28N2O7S2/c1-35-15-9-11(6-7-14(15)29)17-18-12-10-13(21(18)36-23-22(17)37-26(34)27-23)20-19(12)24(32)28(25(20)33)8-4-2-3-5-16(30)31/h6-7,9,12-13,17-21,29H,2-5,8,10H2,1H3,(H,27,34)(H,30,31)/t12?,13?,17-,18?,19?,20?,21?/m1/s1. The molecule has 196 valence electrons. The van der Waals surface area contributed by atoms with E-state index in [9.17, 15) is 24.3 Å². The number of aliphatic carboxylic acids is 1. The molecule has 2 aliphatic heterocycles. The van der Waals surface area contributed by atoms with Gasteiger partial charge in [-0.25, -0.2) is 0 Å². The molecule has 1 aromatic carbocycles. The van der Waals surface area contributed by atoms with Gasteiger partial charge >= 0.3 is 10.8 Å². The first-order valence-corrected chi connectivity index (χ1v) is 14.3. The van der Waals surface area contributed by atoms with Crippen molar-refractivity contribution in [2.75, 3.05) is 13.7 Å². The molecule has 9 nitrogen and oxygen atoms in total. The zero-order valence-corrected chi connectivity index (χ0v) is 21.8. The number of thiazole rings is 1. The summed E-state index contributed by atoms with van der Waals surface area (Å²) in [6.07, 6.45) is 2.70. The zero-order valence-electron chi connectivity index (χ0n) is 20.2. The van der Waals surface area contributed by atoms with Crippen molar-refractivity contribution < 1.29 is 29.3 Å². The lowest BCUT2D eigenvalue weighted by Crippen LogP contribution is -2.42. The lowest BCUT2D eigenvalue weighted by Gasteiger charge is -2.43. The fourth-order valence-corrected chi connectivity index (χ4v) is 10.2. The molecule has 7 atom stereocenters. The first kappa shape index (κ1) is 24.5. The van der Waals surface area contributed by atoms with Gasteiger partial charge in [0.25, 0.3) is 0 Å². The molecule has 4 aliphatic rings. The zero-order chi connectivity index (χ0) is 26.0. The van der Waals surface area contributed by atoms with E-state index in [0.717, 1.165) is 21.9 Å². The number of methoxy groups -OCH3 is 1. The number of amides is 2. The van der Waals surface area contributed by atoms with Crippen LogP contribution in [0.15, 0.2) is 28.0 Å². The van der Waals surface area contributed by atoms with E-state index in [0.29, 0.717) is 31.6 Å². The maximum Gasteiger partial charge on any atom is 0.305 e. The summed E-state index contributed by atoms with van der Waals surface area (Å²) in [6, 6.07) is 5.28. The van der Waals surface area contributed by atoms with Crippen LogP contribution < -0.4 is 9.61 Å². The summed E-state index contributed by atoms with van der Waals surface area (Å²) in [4.78, 5) is 55.4. The molecule has 2 aromatic rings. The van der Waals surface area contributed by atoms with Crippen molar-refractivity contribution in [2.45, 2.75) is 48.3 Å². The number of rotatable bonds is 8. The normalized spacial score (nSPS) is 31.4. The number of benzene rings is 1. The Morgan fingerprint density at radius 2 is 1.89 bits per heavy atom. The monoisotopic (exact) mass is 544 g/mol. The SMILES string of the molecule is COc1cc([C@H]2c3sc(=O)[nH]c3SC3C4CC(C5C(=O)N(CCCCCC(=O)O)C(=O)C45)C32)ccc1O. The van der Waals surface area contributed by atoms with Crippen LogP contribution in [0, 0.1) is 29.6 Å². The fourth-order valence-electron chi connectivity index (χ4n) is 7.28. The van der Waals surface area contributed by atoms with E-state index in [1.165, 1.54) is 23.3 Å². The van der Waals surface area contributed by atoms with Gasteiger partial charge < -0.3 is 19.9 Å². The van der Waals surface area contributed by atoms with Crippen molar-refractivity contribution >= 4 is 40.9 Å². The Morgan fingerprint density at radius 3 is 2.62 bits per heavy atom. The molecule has 3 heterocycles. The van der Waals surface area contributed by atoms with E-state index in [1.54, 1.807) is 17.8 Å². The Bertz CT molecular complexity index is 1340. The van der Waals surface area contributed by atoms with Crippen LogP contribution in [0.25, 0.3) is 0 Å². The number of aromatic amines is 1. The number of aromatic hydroxyl groups is 1. The highest BCUT2D eigenvalue weighted by Crippen LogP contribution is 2.68. The number of phenolic OH excluding ortho intramolecular Hbond substituents is 1. The number of imide groups is 1. The van der Waals surface area contributed by atoms with Gasteiger partial charge in [-0.1, -0.05) is 23.8 Å². The summed E-state index contributed by atoms with van der Waals surface area (Å²) in [5.41, 5.74) is 0.928. The first-order valence-electron chi connectivity index (χ1n) is 12.6. The summed E-state index contributed by atoms with van der Waals surface area (Å²) in [7, 11) is 1.50. The minimum atomic E-state index is -0.838. The van der Waals surface area contributed by atoms with Crippen molar-refractivity contribution in [2.24, 2.45) is 29.6 Å². The highest BCUT2D eigenvalue weighted by atomic mass is 32.2. The number of ether oxygens (including phenoxy) is 1. The third-order valence-corrected chi connectivity index (χ3v) is 11.2. The molecule has 3 N–H and O–H groups in total.